The van der Waals surface area contributed by atoms with Crippen molar-refractivity contribution in [1.82, 2.24) is 0 Å². The van der Waals surface area contributed by atoms with E-state index in [1.165, 1.54) is 0 Å². The van der Waals surface area contributed by atoms with Gasteiger partial charge in [0.2, 0.25) is 0 Å². The zero-order chi connectivity index (χ0) is 31.5. The molecule has 3 heterocycles. The molecule has 7 rings (SSSR count). The Morgan fingerprint density at radius 1 is 0.867 bits per heavy atom. The number of fused-ring (bicyclic) bond motifs is 4. The van der Waals surface area contributed by atoms with Crippen molar-refractivity contribution in [2.24, 2.45) is 11.8 Å². The van der Waals surface area contributed by atoms with Crippen LogP contribution in [0.1, 0.15) is 48.7 Å². The Morgan fingerprint density at radius 2 is 1.56 bits per heavy atom. The summed E-state index contributed by atoms with van der Waals surface area (Å²) in [6.07, 6.45) is -0.180. The molecule has 0 aromatic heterocycles. The van der Waals surface area contributed by atoms with Gasteiger partial charge in [-0.05, 0) is 68.3 Å². The number of aliphatic hydroxyl groups excluding tert-OH is 1. The largest absolute Gasteiger partial charge is 0.454 e. The van der Waals surface area contributed by atoms with Gasteiger partial charge in [-0.25, -0.2) is 0 Å². The first-order valence-corrected chi connectivity index (χ1v) is 15.4. The third-order valence-electron chi connectivity index (χ3n) is 9.46. The van der Waals surface area contributed by atoms with Crippen LogP contribution in [0.5, 0.6) is 11.5 Å². The van der Waals surface area contributed by atoms with Gasteiger partial charge in [0, 0.05) is 29.7 Å². The molecular formula is C37H36N2O6. The second kappa shape index (κ2) is 10.8. The molecule has 8 nitrogen and oxygen atoms in total. The van der Waals surface area contributed by atoms with Crippen LogP contribution in [0, 0.1) is 11.8 Å². The van der Waals surface area contributed by atoms with E-state index in [0.717, 1.165) is 16.8 Å². The number of rotatable bonds is 6. The number of anilines is 3. The van der Waals surface area contributed by atoms with Gasteiger partial charge in [0.05, 0.1) is 35.2 Å². The third-order valence-corrected chi connectivity index (χ3v) is 9.46. The number of ether oxygens (including phenoxy) is 2. The van der Waals surface area contributed by atoms with Gasteiger partial charge in [-0.1, -0.05) is 61.5 Å². The Balaban J connectivity index is 1.27. The second-order valence-electron chi connectivity index (χ2n) is 12.7. The van der Waals surface area contributed by atoms with Gasteiger partial charge in [0.15, 0.2) is 11.4 Å². The summed E-state index contributed by atoms with van der Waals surface area (Å²) >= 11 is 0. The average molecular weight is 605 g/mol. The molecular weight excluding hydrogens is 568 g/mol. The Kier molecular flexibility index (Phi) is 7.04. The highest BCUT2D eigenvalue weighted by Crippen LogP contribution is 2.58. The molecule has 8 heteroatoms. The lowest BCUT2D eigenvalue weighted by Gasteiger charge is -2.34. The van der Waals surface area contributed by atoms with Crippen molar-refractivity contribution in [2.45, 2.75) is 51.0 Å². The van der Waals surface area contributed by atoms with E-state index in [9.17, 15) is 19.8 Å². The van der Waals surface area contributed by atoms with Crippen molar-refractivity contribution in [3.8, 4) is 11.5 Å². The highest BCUT2D eigenvalue weighted by atomic mass is 16.5. The number of carbonyl (C=O) groups is 2. The Morgan fingerprint density at radius 3 is 2.31 bits per heavy atom. The Bertz CT molecular complexity index is 1800. The van der Waals surface area contributed by atoms with Crippen LogP contribution < -0.4 is 14.5 Å². The molecule has 0 unspecified atom stereocenters. The van der Waals surface area contributed by atoms with Crippen LogP contribution >= 0.6 is 0 Å². The maximum atomic E-state index is 14.6. The molecule has 4 aromatic carbocycles. The zero-order valence-electron chi connectivity index (χ0n) is 25.5. The molecule has 0 radical (unpaired) electrons. The number of para-hydroxylation sites is 4. The SMILES string of the molecule is C[C@H]1[C@H](C(C)(C)O)[C@@H](CCO)O[C@]12C(=O)N(Cc1cccc(N3C(=O)c4ccccc4Oc4ccccc43)c1)c1ccccc12. The monoisotopic (exact) mass is 604 g/mol. The summed E-state index contributed by atoms with van der Waals surface area (Å²) < 4.78 is 12.8. The number of hydrogen-bond acceptors (Lipinski definition) is 6. The Labute approximate surface area is 262 Å². The van der Waals surface area contributed by atoms with E-state index in [2.05, 4.69) is 0 Å². The first-order chi connectivity index (χ1) is 21.6. The molecule has 2 N–H and O–H groups in total. The number of nitrogens with zero attached hydrogens (tertiary/aromatic N) is 2. The summed E-state index contributed by atoms with van der Waals surface area (Å²) in [4.78, 5) is 32.0. The molecule has 45 heavy (non-hydrogen) atoms. The quantitative estimate of drug-likeness (QED) is 0.267. The standard InChI is InChI=1S/C37H36N2O6/c1-23-33(36(2,3)43)32(19-20-40)45-37(23)27-14-5-6-15-28(27)38(35(37)42)22-24-11-10-12-25(21-24)39-29-16-7-9-18-31(29)44-30-17-8-4-13-26(30)34(39)41/h4-18,21,23,32-33,40,43H,19-20,22H2,1-3H3/t23-,32+,33-,37+/m0/s1. The number of aliphatic hydroxyl groups is 2. The smallest absolute Gasteiger partial charge is 0.266 e. The van der Waals surface area contributed by atoms with E-state index in [0.29, 0.717) is 34.9 Å². The number of amides is 2. The average Bonchev–Trinajstić information content (AvgIpc) is 3.40. The summed E-state index contributed by atoms with van der Waals surface area (Å²) in [5.41, 5.74) is 1.64. The van der Waals surface area contributed by atoms with Gasteiger partial charge < -0.3 is 24.6 Å². The Hall–Kier alpha value is -4.50. The molecule has 0 aliphatic carbocycles. The van der Waals surface area contributed by atoms with E-state index in [1.54, 1.807) is 35.8 Å². The number of hydrogen-bond donors (Lipinski definition) is 2. The third kappa shape index (κ3) is 4.55. The maximum Gasteiger partial charge on any atom is 0.266 e. The molecule has 1 spiro atoms. The van der Waals surface area contributed by atoms with Crippen LogP contribution in [0.4, 0.5) is 17.1 Å². The zero-order valence-corrected chi connectivity index (χ0v) is 25.5. The lowest BCUT2D eigenvalue weighted by Crippen LogP contribution is -2.46. The van der Waals surface area contributed by atoms with Crippen molar-refractivity contribution in [1.29, 1.82) is 0 Å². The fourth-order valence-corrected chi connectivity index (χ4v) is 7.63. The normalized spacial score (nSPS) is 23.9. The minimum absolute atomic E-state index is 0.111. The van der Waals surface area contributed by atoms with Crippen molar-refractivity contribution in [3.63, 3.8) is 0 Å². The molecule has 0 bridgehead atoms. The fourth-order valence-electron chi connectivity index (χ4n) is 7.63. The highest BCUT2D eigenvalue weighted by molar-refractivity contribution is 6.14. The summed E-state index contributed by atoms with van der Waals surface area (Å²) in [5, 5.41) is 21.0. The summed E-state index contributed by atoms with van der Waals surface area (Å²) in [5.74, 6) is -0.0787. The van der Waals surface area contributed by atoms with E-state index < -0.39 is 17.3 Å². The van der Waals surface area contributed by atoms with Gasteiger partial charge in [0.25, 0.3) is 11.8 Å². The van der Waals surface area contributed by atoms with Crippen molar-refractivity contribution < 1.29 is 29.3 Å². The molecule has 230 valence electrons. The minimum atomic E-state index is -1.29. The van der Waals surface area contributed by atoms with Gasteiger partial charge in [-0.2, -0.15) is 0 Å². The van der Waals surface area contributed by atoms with E-state index in [1.807, 2.05) is 91.9 Å². The maximum absolute atomic E-state index is 14.6. The van der Waals surface area contributed by atoms with Crippen LogP contribution in [0.3, 0.4) is 0 Å². The van der Waals surface area contributed by atoms with Crippen LogP contribution in [0.2, 0.25) is 0 Å². The fraction of sp³-hybridized carbons (Fsp3) is 0.297. The van der Waals surface area contributed by atoms with E-state index in [4.69, 9.17) is 9.47 Å². The summed E-state index contributed by atoms with van der Waals surface area (Å²) in [6.45, 7) is 5.57. The molecule has 3 aliphatic heterocycles. The van der Waals surface area contributed by atoms with Gasteiger partial charge in [-0.3, -0.25) is 14.5 Å². The lowest BCUT2D eigenvalue weighted by molar-refractivity contribution is -0.146. The predicted molar refractivity (Wildman–Crippen MR) is 171 cm³/mol. The van der Waals surface area contributed by atoms with Crippen LogP contribution in [-0.2, 0) is 21.7 Å². The lowest BCUT2D eigenvalue weighted by atomic mass is 9.71. The van der Waals surface area contributed by atoms with Crippen molar-refractivity contribution in [2.75, 3.05) is 16.4 Å². The van der Waals surface area contributed by atoms with Crippen molar-refractivity contribution in [3.05, 3.63) is 114 Å². The molecule has 4 atom stereocenters. The predicted octanol–water partition coefficient (Wildman–Crippen LogP) is 6.32. The number of carbonyl (C=O) groups excluding carboxylic acids is 2. The topological polar surface area (TPSA) is 99.5 Å². The van der Waals surface area contributed by atoms with Crippen LogP contribution in [0.15, 0.2) is 97.1 Å². The van der Waals surface area contributed by atoms with Gasteiger partial charge >= 0.3 is 0 Å². The van der Waals surface area contributed by atoms with Gasteiger partial charge in [0.1, 0.15) is 5.75 Å². The van der Waals surface area contributed by atoms with E-state index >= 15 is 0 Å². The minimum Gasteiger partial charge on any atom is -0.454 e. The molecule has 1 saturated heterocycles. The van der Waals surface area contributed by atoms with E-state index in [-0.39, 0.29) is 36.8 Å². The molecule has 0 saturated carbocycles. The molecule has 1 fully saturated rings. The first kappa shape index (κ1) is 29.2. The number of benzene rings is 4. The van der Waals surface area contributed by atoms with Crippen molar-refractivity contribution >= 4 is 28.9 Å². The second-order valence-corrected chi connectivity index (χ2v) is 12.7. The summed E-state index contributed by atoms with van der Waals surface area (Å²) in [6, 6.07) is 29.9. The van der Waals surface area contributed by atoms with Gasteiger partial charge in [-0.15, -0.1) is 0 Å². The summed E-state index contributed by atoms with van der Waals surface area (Å²) in [7, 11) is 0. The molecule has 2 amide bonds. The molecule has 3 aliphatic rings. The van der Waals surface area contributed by atoms with Crippen LogP contribution in [0.25, 0.3) is 0 Å². The first-order valence-electron chi connectivity index (χ1n) is 15.4. The molecule has 4 aromatic rings. The highest BCUT2D eigenvalue weighted by Gasteiger charge is 2.65. The van der Waals surface area contributed by atoms with Crippen LogP contribution in [-0.4, -0.2) is 40.3 Å².